The lowest BCUT2D eigenvalue weighted by Gasteiger charge is -2.29. The molecule has 3 aliphatic heterocycles. The van der Waals surface area contributed by atoms with Gasteiger partial charge in [-0.05, 0) is 36.6 Å². The molecule has 0 spiro atoms. The summed E-state index contributed by atoms with van der Waals surface area (Å²) in [6, 6.07) is 11.1. The minimum absolute atomic E-state index is 0.0359. The fourth-order valence-corrected chi connectivity index (χ4v) is 6.07. The predicted octanol–water partition coefficient (Wildman–Crippen LogP) is 1.83. The van der Waals surface area contributed by atoms with E-state index >= 15 is 0 Å². The third kappa shape index (κ3) is 5.40. The monoisotopic (exact) mass is 577 g/mol. The average molecular weight is 578 g/mol. The van der Waals surface area contributed by atoms with Crippen LogP contribution in [0.3, 0.4) is 0 Å². The molecular weight excluding hydrogens is 542 g/mol. The highest BCUT2D eigenvalue weighted by Crippen LogP contribution is 2.47. The van der Waals surface area contributed by atoms with Gasteiger partial charge in [0.05, 0.1) is 36.3 Å². The minimum Gasteiger partial charge on any atom is -0.394 e. The maximum Gasteiger partial charge on any atom is 0.269 e. The quantitative estimate of drug-likeness (QED) is 0.232. The van der Waals surface area contributed by atoms with Crippen molar-refractivity contribution in [2.24, 2.45) is 5.92 Å². The molecule has 3 atom stereocenters. The highest BCUT2D eigenvalue weighted by Gasteiger charge is 2.53. The molecule has 0 bridgehead atoms. The van der Waals surface area contributed by atoms with Gasteiger partial charge >= 0.3 is 0 Å². The Morgan fingerprint density at radius 3 is 2.79 bits per heavy atom. The number of nitro groups is 1. The van der Waals surface area contributed by atoms with Crippen LogP contribution in [-0.4, -0.2) is 76.6 Å². The molecule has 2 aromatic carbocycles. The van der Waals surface area contributed by atoms with Crippen molar-refractivity contribution in [2.75, 3.05) is 42.6 Å². The number of nitrogens with zero attached hydrogens (tertiary/aromatic N) is 4. The van der Waals surface area contributed by atoms with Crippen LogP contribution in [-0.2, 0) is 26.5 Å². The smallest absolute Gasteiger partial charge is 0.269 e. The lowest BCUT2D eigenvalue weighted by Crippen LogP contribution is -2.48. The number of anilines is 2. The van der Waals surface area contributed by atoms with Gasteiger partial charge in [0.2, 0.25) is 11.8 Å². The topological polar surface area (TPSA) is 157 Å². The number of aliphatic hydroxyl groups excluding tert-OH is 1. The standard InChI is InChI=1S/C30H35N5O7/c1-20(5-2-9-27(37)32-13-4-8-24(32)19-36)30(40)25-16-23(35(41)42)10-11-26(25)34(29(30)39)18-21-6-3-7-22(15-21)33-14-12-31-17-28(33)38/h2-3,5-7,10-11,15-16,20,24,31,36,40H,4,8-9,12-14,17-19H2,1H3/b5-2+/t20-,24-,30+/m0/s1. The summed E-state index contributed by atoms with van der Waals surface area (Å²) in [4.78, 5) is 54.8. The molecule has 2 saturated heterocycles. The highest BCUT2D eigenvalue weighted by molar-refractivity contribution is 6.07. The van der Waals surface area contributed by atoms with Crippen LogP contribution in [0.4, 0.5) is 17.1 Å². The summed E-state index contributed by atoms with van der Waals surface area (Å²) in [7, 11) is 0. The maximum atomic E-state index is 13.9. The van der Waals surface area contributed by atoms with Crippen LogP contribution in [0.15, 0.2) is 54.6 Å². The van der Waals surface area contributed by atoms with Crippen LogP contribution >= 0.6 is 0 Å². The van der Waals surface area contributed by atoms with E-state index in [4.69, 9.17) is 0 Å². The Bertz CT molecular complexity index is 1430. The molecule has 2 aromatic rings. The summed E-state index contributed by atoms with van der Waals surface area (Å²) in [5.41, 5.74) is -0.453. The van der Waals surface area contributed by atoms with E-state index in [0.717, 1.165) is 18.4 Å². The van der Waals surface area contributed by atoms with Crippen molar-refractivity contribution in [1.82, 2.24) is 10.2 Å². The zero-order chi connectivity index (χ0) is 30.0. The van der Waals surface area contributed by atoms with E-state index in [0.29, 0.717) is 31.0 Å². The van der Waals surface area contributed by atoms with Crippen LogP contribution in [0.5, 0.6) is 0 Å². The van der Waals surface area contributed by atoms with Gasteiger partial charge in [-0.2, -0.15) is 0 Å². The van der Waals surface area contributed by atoms with Crippen LogP contribution < -0.4 is 15.1 Å². The average Bonchev–Trinajstić information content (AvgIpc) is 3.55. The molecule has 3 aliphatic rings. The van der Waals surface area contributed by atoms with Gasteiger partial charge in [-0.15, -0.1) is 0 Å². The summed E-state index contributed by atoms with van der Waals surface area (Å²) in [6.07, 6.45) is 4.79. The number of carbonyl (C=O) groups excluding carboxylic acids is 3. The van der Waals surface area contributed by atoms with Crippen molar-refractivity contribution in [1.29, 1.82) is 0 Å². The van der Waals surface area contributed by atoms with Gasteiger partial charge in [0.1, 0.15) is 0 Å². The highest BCUT2D eigenvalue weighted by atomic mass is 16.6. The van der Waals surface area contributed by atoms with Crippen molar-refractivity contribution < 1.29 is 29.5 Å². The summed E-state index contributed by atoms with van der Waals surface area (Å²) < 4.78 is 0. The van der Waals surface area contributed by atoms with Crippen molar-refractivity contribution >= 4 is 34.8 Å². The summed E-state index contributed by atoms with van der Waals surface area (Å²) >= 11 is 0. The van der Waals surface area contributed by atoms with E-state index in [-0.39, 0.29) is 55.2 Å². The summed E-state index contributed by atoms with van der Waals surface area (Å²) in [5, 5.41) is 36.1. The van der Waals surface area contributed by atoms with E-state index in [1.54, 1.807) is 34.9 Å². The number of piperazine rings is 1. The molecule has 12 nitrogen and oxygen atoms in total. The molecule has 3 N–H and O–H groups in total. The SMILES string of the molecule is C[C@@H](/C=C/CC(=O)N1CCC[C@H]1CO)[C@]1(O)C(=O)N(Cc2cccc(N3CCNCC3=O)c2)c2ccc([N+](=O)[O-])cc21. The van der Waals surface area contributed by atoms with E-state index in [2.05, 4.69) is 5.32 Å². The molecule has 12 heteroatoms. The zero-order valence-electron chi connectivity index (χ0n) is 23.4. The van der Waals surface area contributed by atoms with Gasteiger partial charge in [0.15, 0.2) is 5.60 Å². The van der Waals surface area contributed by atoms with Crippen LogP contribution in [0.25, 0.3) is 0 Å². The second-order valence-corrected chi connectivity index (χ2v) is 11.0. The molecule has 3 heterocycles. The normalized spacial score (nSPS) is 23.1. The zero-order valence-corrected chi connectivity index (χ0v) is 23.4. The number of carbonyl (C=O) groups is 3. The largest absolute Gasteiger partial charge is 0.394 e. The third-order valence-electron chi connectivity index (χ3n) is 8.40. The third-order valence-corrected chi connectivity index (χ3v) is 8.40. The number of benzene rings is 2. The molecule has 42 heavy (non-hydrogen) atoms. The first kappa shape index (κ1) is 29.4. The molecule has 0 saturated carbocycles. The molecular formula is C30H35N5O7. The Balaban J connectivity index is 1.41. The number of aliphatic hydroxyl groups is 2. The minimum atomic E-state index is -2.10. The maximum absolute atomic E-state index is 13.9. The van der Waals surface area contributed by atoms with Crippen LogP contribution in [0, 0.1) is 16.0 Å². The Morgan fingerprint density at radius 1 is 1.24 bits per heavy atom. The van der Waals surface area contributed by atoms with Gasteiger partial charge in [0, 0.05) is 55.4 Å². The van der Waals surface area contributed by atoms with Gasteiger partial charge in [-0.3, -0.25) is 24.5 Å². The Labute approximate surface area is 243 Å². The number of hydrogen-bond acceptors (Lipinski definition) is 8. The Hall–Kier alpha value is -4.13. The first-order chi connectivity index (χ1) is 20.1. The predicted molar refractivity (Wildman–Crippen MR) is 155 cm³/mol. The van der Waals surface area contributed by atoms with E-state index in [9.17, 15) is 34.7 Å². The fourth-order valence-electron chi connectivity index (χ4n) is 6.07. The van der Waals surface area contributed by atoms with Crippen molar-refractivity contribution in [3.05, 3.63) is 75.9 Å². The molecule has 0 aliphatic carbocycles. The van der Waals surface area contributed by atoms with Crippen molar-refractivity contribution in [3.8, 4) is 0 Å². The summed E-state index contributed by atoms with van der Waals surface area (Å²) in [6.45, 7) is 3.61. The molecule has 5 rings (SSSR count). The van der Waals surface area contributed by atoms with Gasteiger partial charge in [-0.1, -0.05) is 31.2 Å². The van der Waals surface area contributed by atoms with Gasteiger partial charge in [0.25, 0.3) is 11.6 Å². The first-order valence-electron chi connectivity index (χ1n) is 14.2. The molecule has 222 valence electrons. The van der Waals surface area contributed by atoms with Gasteiger partial charge < -0.3 is 30.2 Å². The molecule has 0 unspecified atom stereocenters. The Kier molecular flexibility index (Phi) is 8.39. The first-order valence-corrected chi connectivity index (χ1v) is 14.2. The number of nitrogens with one attached hydrogen (secondary N) is 1. The van der Waals surface area contributed by atoms with Crippen molar-refractivity contribution in [3.63, 3.8) is 0 Å². The van der Waals surface area contributed by atoms with Crippen LogP contribution in [0.1, 0.15) is 37.3 Å². The number of likely N-dealkylation sites (tertiary alicyclic amines) is 1. The fraction of sp³-hybridized carbons (Fsp3) is 0.433. The lowest BCUT2D eigenvalue weighted by molar-refractivity contribution is -0.385. The number of hydrogen-bond donors (Lipinski definition) is 3. The van der Waals surface area contributed by atoms with Gasteiger partial charge in [-0.25, -0.2) is 0 Å². The molecule has 0 radical (unpaired) electrons. The van der Waals surface area contributed by atoms with E-state index < -0.39 is 22.3 Å². The number of rotatable bonds is 9. The van der Waals surface area contributed by atoms with Crippen LogP contribution in [0.2, 0.25) is 0 Å². The van der Waals surface area contributed by atoms with E-state index in [1.165, 1.54) is 23.1 Å². The molecule has 0 aromatic heterocycles. The van der Waals surface area contributed by atoms with E-state index in [1.807, 2.05) is 18.2 Å². The molecule has 3 amide bonds. The summed E-state index contributed by atoms with van der Waals surface area (Å²) in [5.74, 6) is -1.66. The Morgan fingerprint density at radius 2 is 2.05 bits per heavy atom. The number of nitro benzene ring substituents is 1. The molecule has 2 fully saturated rings. The number of non-ortho nitro benzene ring substituents is 1. The second-order valence-electron chi connectivity index (χ2n) is 11.0. The number of amides is 3. The van der Waals surface area contributed by atoms with Crippen molar-refractivity contribution in [2.45, 2.75) is 44.4 Å². The second kappa shape index (κ2) is 12.0. The lowest BCUT2D eigenvalue weighted by atomic mass is 9.82. The number of fused-ring (bicyclic) bond motifs is 1.